The van der Waals surface area contributed by atoms with Crippen LogP contribution in [-0.2, 0) is 16.1 Å². The van der Waals surface area contributed by atoms with Gasteiger partial charge in [0.1, 0.15) is 24.3 Å². The molecule has 13 heteroatoms. The zero-order valence-corrected chi connectivity index (χ0v) is 23.0. The highest BCUT2D eigenvalue weighted by atomic mass is 35.6. The van der Waals surface area contributed by atoms with Crippen LogP contribution < -0.4 is 10.2 Å². The van der Waals surface area contributed by atoms with Crippen LogP contribution in [0.2, 0.25) is 0 Å². The highest BCUT2D eigenvalue weighted by molar-refractivity contribution is 6.67. The molecule has 8 nitrogen and oxygen atoms in total. The number of rotatable bonds is 6. The van der Waals surface area contributed by atoms with Crippen LogP contribution in [-0.4, -0.2) is 77.0 Å². The Morgan fingerprint density at radius 3 is 2.51 bits per heavy atom. The summed E-state index contributed by atoms with van der Waals surface area (Å²) < 4.78 is 31.1. The Bertz CT molecular complexity index is 1250. The van der Waals surface area contributed by atoms with Gasteiger partial charge >= 0.3 is 6.09 Å². The van der Waals surface area contributed by atoms with Crippen LogP contribution in [0.25, 0.3) is 0 Å². The Labute approximate surface area is 239 Å². The summed E-state index contributed by atoms with van der Waals surface area (Å²) >= 11 is 17.1. The Morgan fingerprint density at radius 1 is 1.13 bits per heavy atom. The van der Waals surface area contributed by atoms with Crippen LogP contribution in [0.1, 0.15) is 17.5 Å². The fourth-order valence-corrected chi connectivity index (χ4v) is 4.94. The molecule has 2 aromatic carbocycles. The van der Waals surface area contributed by atoms with E-state index >= 15 is 0 Å². The molecule has 2 heterocycles. The van der Waals surface area contributed by atoms with Crippen LogP contribution in [0.5, 0.6) is 0 Å². The van der Waals surface area contributed by atoms with Gasteiger partial charge in [-0.2, -0.15) is 5.26 Å². The molecule has 0 aromatic heterocycles. The van der Waals surface area contributed by atoms with E-state index in [1.165, 1.54) is 11.0 Å². The minimum Gasteiger partial charge on any atom is -0.445 e. The predicted molar refractivity (Wildman–Crippen MR) is 144 cm³/mol. The molecule has 208 valence electrons. The number of nitriles is 1. The number of amides is 2. The van der Waals surface area contributed by atoms with Crippen molar-refractivity contribution in [1.82, 2.24) is 15.1 Å². The number of ether oxygens (including phenoxy) is 1. The number of carbonyl (C=O) groups is 2. The van der Waals surface area contributed by atoms with Crippen molar-refractivity contribution in [2.24, 2.45) is 0 Å². The highest BCUT2D eigenvalue weighted by Crippen LogP contribution is 2.28. The summed E-state index contributed by atoms with van der Waals surface area (Å²) in [6, 6.07) is 11.5. The van der Waals surface area contributed by atoms with Crippen molar-refractivity contribution in [2.45, 2.75) is 28.8 Å². The molecule has 2 saturated heterocycles. The van der Waals surface area contributed by atoms with Gasteiger partial charge in [-0.3, -0.25) is 9.69 Å². The molecule has 0 radical (unpaired) electrons. The summed E-state index contributed by atoms with van der Waals surface area (Å²) in [5, 5.41) is 12.5. The maximum absolute atomic E-state index is 14.4. The molecule has 2 aliphatic rings. The van der Waals surface area contributed by atoms with E-state index in [1.807, 2.05) is 18.2 Å². The number of hydrogen-bond acceptors (Lipinski definition) is 6. The fraction of sp³-hybridized carbons (Fsp3) is 0.423. The number of nitrogens with one attached hydrogen (secondary N) is 1. The second kappa shape index (κ2) is 12.6. The number of piperazine rings is 1. The molecule has 1 N–H and O–H groups in total. The molecule has 2 unspecified atom stereocenters. The van der Waals surface area contributed by atoms with Gasteiger partial charge in [-0.05, 0) is 24.6 Å². The van der Waals surface area contributed by atoms with Crippen molar-refractivity contribution in [2.75, 3.05) is 44.2 Å². The van der Waals surface area contributed by atoms with Gasteiger partial charge in [0.05, 0.1) is 23.8 Å². The third-order valence-corrected chi connectivity index (χ3v) is 7.08. The summed E-state index contributed by atoms with van der Waals surface area (Å²) in [4.78, 5) is 31.3. The van der Waals surface area contributed by atoms with E-state index in [9.17, 15) is 23.6 Å². The monoisotopic (exact) mass is 599 g/mol. The van der Waals surface area contributed by atoms with Crippen molar-refractivity contribution in [3.05, 3.63) is 65.2 Å². The minimum atomic E-state index is -1.84. The largest absolute Gasteiger partial charge is 0.445 e. The highest BCUT2D eigenvalue weighted by Gasteiger charge is 2.39. The summed E-state index contributed by atoms with van der Waals surface area (Å²) in [5.41, 5.74) is 1.49. The van der Waals surface area contributed by atoms with Gasteiger partial charge in [-0.15, -0.1) is 0 Å². The zero-order chi connectivity index (χ0) is 28.2. The number of benzene rings is 2. The number of nitrogens with zero attached hydrogens (tertiary/aromatic N) is 4. The lowest BCUT2D eigenvalue weighted by Crippen LogP contribution is -2.53. The topological polar surface area (TPSA) is 88.9 Å². The van der Waals surface area contributed by atoms with E-state index in [-0.39, 0.29) is 31.0 Å². The molecule has 39 heavy (non-hydrogen) atoms. The first kappa shape index (κ1) is 29.2. The first-order valence-electron chi connectivity index (χ1n) is 12.3. The molecule has 0 spiro atoms. The molecule has 2 aliphatic heterocycles. The Hall–Kier alpha value is -2.84. The van der Waals surface area contributed by atoms with Gasteiger partial charge in [0.25, 0.3) is 0 Å². The smallest absolute Gasteiger partial charge is 0.410 e. The Balaban J connectivity index is 1.40. The van der Waals surface area contributed by atoms with E-state index in [0.29, 0.717) is 31.7 Å². The van der Waals surface area contributed by atoms with Crippen LogP contribution >= 0.6 is 34.8 Å². The summed E-state index contributed by atoms with van der Waals surface area (Å²) in [5.74, 6) is -1.68. The molecule has 4 rings (SSSR count). The van der Waals surface area contributed by atoms with Crippen LogP contribution in [0, 0.1) is 23.0 Å². The molecule has 2 fully saturated rings. The molecule has 0 bridgehead atoms. The van der Waals surface area contributed by atoms with Gasteiger partial charge in [0.2, 0.25) is 9.70 Å². The van der Waals surface area contributed by atoms with Crippen molar-refractivity contribution in [1.29, 1.82) is 5.26 Å². The standard InChI is InChI=1S/C26H26Cl3F2N5O3/c27-26(28,29)16-39-25(38)36(15-18-5-6-19(30)11-21(18)31)20-12-22(33-14-20)24(37)35-9-7-34(8-10-35)23-4-2-1-3-17(23)13-32/h1-6,11,20,22,33H,7-10,12,14-16H2. The minimum absolute atomic E-state index is 0.0748. The first-order valence-corrected chi connectivity index (χ1v) is 13.4. The molecule has 0 aliphatic carbocycles. The molecule has 0 saturated carbocycles. The van der Waals surface area contributed by atoms with Crippen LogP contribution in [0.3, 0.4) is 0 Å². The molecular weight excluding hydrogens is 575 g/mol. The van der Waals surface area contributed by atoms with E-state index in [2.05, 4.69) is 16.3 Å². The lowest BCUT2D eigenvalue weighted by atomic mass is 10.1. The van der Waals surface area contributed by atoms with Gasteiger partial charge in [-0.25, -0.2) is 13.6 Å². The molecule has 2 aromatic rings. The summed E-state index contributed by atoms with van der Waals surface area (Å²) in [6.45, 7) is 1.57. The van der Waals surface area contributed by atoms with Crippen LogP contribution in [0.15, 0.2) is 42.5 Å². The molecular formula is C26H26Cl3F2N5O3. The lowest BCUT2D eigenvalue weighted by molar-refractivity contribution is -0.133. The van der Waals surface area contributed by atoms with E-state index in [0.717, 1.165) is 17.8 Å². The summed E-state index contributed by atoms with van der Waals surface area (Å²) in [7, 11) is 0. The lowest BCUT2D eigenvalue weighted by Gasteiger charge is -2.37. The van der Waals surface area contributed by atoms with Crippen molar-refractivity contribution in [3.8, 4) is 6.07 Å². The maximum atomic E-state index is 14.4. The van der Waals surface area contributed by atoms with Gasteiger partial charge < -0.3 is 19.9 Å². The number of anilines is 1. The van der Waals surface area contributed by atoms with E-state index in [1.54, 1.807) is 11.0 Å². The van der Waals surface area contributed by atoms with E-state index in [4.69, 9.17) is 39.5 Å². The number of para-hydroxylation sites is 1. The number of hydrogen-bond donors (Lipinski definition) is 1. The number of carbonyl (C=O) groups excluding carboxylic acids is 2. The van der Waals surface area contributed by atoms with Crippen LogP contribution in [0.4, 0.5) is 19.3 Å². The fourth-order valence-electron chi connectivity index (χ4n) is 4.78. The second-order valence-electron chi connectivity index (χ2n) is 9.33. The SMILES string of the molecule is N#Cc1ccccc1N1CCN(C(=O)C2CC(N(Cc3ccc(F)cc3F)C(=O)OCC(Cl)(Cl)Cl)CN2)CC1. The van der Waals surface area contributed by atoms with Crippen molar-refractivity contribution in [3.63, 3.8) is 0 Å². The normalized spacial score (nSPS) is 19.5. The first-order chi connectivity index (χ1) is 18.6. The quantitative estimate of drug-likeness (QED) is 0.500. The van der Waals surface area contributed by atoms with Crippen molar-refractivity contribution < 1.29 is 23.1 Å². The maximum Gasteiger partial charge on any atom is 0.410 e. The summed E-state index contributed by atoms with van der Waals surface area (Å²) in [6.07, 6.45) is -0.600. The van der Waals surface area contributed by atoms with Gasteiger partial charge in [0, 0.05) is 50.4 Å². The number of halogens is 5. The average molecular weight is 601 g/mol. The average Bonchev–Trinajstić information content (AvgIpc) is 3.40. The molecule has 2 amide bonds. The van der Waals surface area contributed by atoms with E-state index < -0.39 is 40.2 Å². The van der Waals surface area contributed by atoms with Gasteiger partial charge in [-0.1, -0.05) is 53.0 Å². The third-order valence-electron chi connectivity index (χ3n) is 6.75. The zero-order valence-electron chi connectivity index (χ0n) is 20.8. The third kappa shape index (κ3) is 7.42. The molecule has 2 atom stereocenters. The predicted octanol–water partition coefficient (Wildman–Crippen LogP) is 4.22. The Morgan fingerprint density at radius 2 is 1.85 bits per heavy atom. The number of alkyl halides is 3. The van der Waals surface area contributed by atoms with Crippen molar-refractivity contribution >= 4 is 52.5 Å². The van der Waals surface area contributed by atoms with Gasteiger partial charge in [0.15, 0.2) is 0 Å². The Kier molecular flexibility index (Phi) is 9.39. The second-order valence-corrected chi connectivity index (χ2v) is 11.8.